The topological polar surface area (TPSA) is 59.2 Å². The first kappa shape index (κ1) is 27.2. The van der Waals surface area contributed by atoms with E-state index >= 15 is 0 Å². The molecule has 0 aliphatic heterocycles. The Morgan fingerprint density at radius 1 is 1.00 bits per heavy atom. The van der Waals surface area contributed by atoms with Crippen molar-refractivity contribution in [3.8, 4) is 11.8 Å². The zero-order chi connectivity index (χ0) is 25.9. The van der Waals surface area contributed by atoms with E-state index in [1.807, 2.05) is 18.2 Å². The normalized spacial score (nSPS) is 13.6. The van der Waals surface area contributed by atoms with Crippen LogP contribution in [-0.2, 0) is 10.8 Å². The second-order valence-corrected chi connectivity index (χ2v) is 21.2. The van der Waals surface area contributed by atoms with E-state index in [2.05, 4.69) is 99.2 Å². The lowest BCUT2D eigenvalue weighted by Crippen LogP contribution is -2.49. The van der Waals surface area contributed by atoms with Crippen LogP contribution in [0.25, 0.3) is 10.9 Å². The van der Waals surface area contributed by atoms with Crippen molar-refractivity contribution in [2.75, 3.05) is 13.2 Å². The molecule has 1 heterocycles. The largest absolute Gasteiger partial charge is 0.489 e. The third kappa shape index (κ3) is 7.55. The van der Waals surface area contributed by atoms with E-state index in [-0.39, 0.29) is 11.6 Å². The summed E-state index contributed by atoms with van der Waals surface area (Å²) in [4.78, 5) is 0. The summed E-state index contributed by atoms with van der Waals surface area (Å²) in [7, 11) is -3.31. The van der Waals surface area contributed by atoms with Gasteiger partial charge >= 0.3 is 0 Å². The highest BCUT2D eigenvalue weighted by molar-refractivity contribution is 6.75. The predicted molar refractivity (Wildman–Crippen MR) is 151 cm³/mol. The lowest BCUT2D eigenvalue weighted by Gasteiger charge is -2.32. The molecule has 0 aliphatic carbocycles. The van der Waals surface area contributed by atoms with Crippen molar-refractivity contribution >= 4 is 27.5 Å². The quantitative estimate of drug-likeness (QED) is 0.305. The summed E-state index contributed by atoms with van der Waals surface area (Å²) in [6, 6.07) is 18.3. The highest BCUT2D eigenvalue weighted by atomic mass is 28.4. The van der Waals surface area contributed by atoms with E-state index in [4.69, 9.17) is 9.16 Å². The van der Waals surface area contributed by atoms with Crippen molar-refractivity contribution in [2.24, 2.45) is 0 Å². The number of nitrogens with zero attached hydrogens (tertiary/aromatic N) is 2. The molecule has 0 fully saturated rings. The first-order valence-electron chi connectivity index (χ1n) is 12.4. The second-order valence-electron chi connectivity index (χ2n) is 11.9. The minimum Gasteiger partial charge on any atom is -0.489 e. The average molecular weight is 508 g/mol. The fourth-order valence-corrected chi connectivity index (χ4v) is 6.99. The Kier molecular flexibility index (Phi) is 8.33. The first-order valence-corrected chi connectivity index (χ1v) is 19.3. The maximum Gasteiger partial charge on any atom is 0.184 e. The molecule has 2 aromatic carbocycles. The molecule has 5 nitrogen and oxygen atoms in total. The van der Waals surface area contributed by atoms with Crippen LogP contribution in [0.2, 0.25) is 39.3 Å². The Balaban J connectivity index is 1.74. The van der Waals surface area contributed by atoms with Gasteiger partial charge in [0.15, 0.2) is 16.6 Å². The lowest BCUT2D eigenvalue weighted by atomic mass is 9.94. The number of ether oxygens (including phenoxy) is 1. The highest BCUT2D eigenvalue weighted by Gasteiger charge is 2.27. The maximum atomic E-state index is 9.38. The van der Waals surface area contributed by atoms with Gasteiger partial charge in [-0.1, -0.05) is 50.0 Å². The number of nitrogens with one attached hydrogen (secondary N) is 1. The van der Waals surface area contributed by atoms with Crippen molar-refractivity contribution in [1.29, 1.82) is 5.26 Å². The van der Waals surface area contributed by atoms with Gasteiger partial charge in [-0.25, -0.2) is 0 Å². The van der Waals surface area contributed by atoms with E-state index in [1.165, 1.54) is 16.5 Å². The van der Waals surface area contributed by atoms with Crippen LogP contribution in [0.3, 0.4) is 0 Å². The summed E-state index contributed by atoms with van der Waals surface area (Å²) < 4.78 is 15.0. The van der Waals surface area contributed by atoms with Crippen LogP contribution in [0.1, 0.15) is 25.0 Å². The molecule has 3 aromatic rings. The SMILES string of the molecule is CC(C)(Cc1cn([Si](C)(C)C)c2ccccc12)NCC(COc1ccccc1C#N)O[Si](C)(C)C. The molecule has 7 heteroatoms. The van der Waals surface area contributed by atoms with Crippen molar-refractivity contribution in [1.82, 2.24) is 9.55 Å². The Bertz CT molecular complexity index is 1180. The fourth-order valence-electron chi connectivity index (χ4n) is 4.38. The maximum absolute atomic E-state index is 9.38. The van der Waals surface area contributed by atoms with Gasteiger partial charge in [0, 0.05) is 23.0 Å². The van der Waals surface area contributed by atoms with Crippen LogP contribution in [0.5, 0.6) is 5.75 Å². The van der Waals surface area contributed by atoms with E-state index in [9.17, 15) is 5.26 Å². The lowest BCUT2D eigenvalue weighted by molar-refractivity contribution is 0.113. The second kappa shape index (κ2) is 10.7. The molecule has 3 rings (SSSR count). The van der Waals surface area contributed by atoms with Crippen LogP contribution in [0.15, 0.2) is 54.7 Å². The Hall–Kier alpha value is -2.38. The molecule has 0 saturated heterocycles. The number of rotatable bonds is 11. The fraction of sp³-hybridized carbons (Fsp3) is 0.464. The summed E-state index contributed by atoms with van der Waals surface area (Å²) in [6.45, 7) is 19.3. The Morgan fingerprint density at radius 2 is 1.66 bits per heavy atom. The van der Waals surface area contributed by atoms with E-state index < -0.39 is 16.6 Å². The average Bonchev–Trinajstić information content (AvgIpc) is 3.13. The van der Waals surface area contributed by atoms with Gasteiger partial charge in [0.25, 0.3) is 0 Å². The number of nitriles is 1. The zero-order valence-corrected chi connectivity index (χ0v) is 24.6. The van der Waals surface area contributed by atoms with Crippen LogP contribution >= 0.6 is 0 Å². The monoisotopic (exact) mass is 507 g/mol. The summed E-state index contributed by atoms with van der Waals surface area (Å²) in [5, 5.41) is 14.5. The number of hydrogen-bond acceptors (Lipinski definition) is 4. The van der Waals surface area contributed by atoms with Crippen molar-refractivity contribution < 1.29 is 9.16 Å². The van der Waals surface area contributed by atoms with Crippen LogP contribution < -0.4 is 10.1 Å². The van der Waals surface area contributed by atoms with E-state index in [0.717, 1.165) is 6.42 Å². The van der Waals surface area contributed by atoms with Gasteiger partial charge in [0.05, 0.1) is 11.7 Å². The van der Waals surface area contributed by atoms with E-state index in [0.29, 0.717) is 24.5 Å². The molecule has 0 aliphatic rings. The number of para-hydroxylation sites is 2. The van der Waals surface area contributed by atoms with E-state index in [1.54, 1.807) is 6.07 Å². The summed E-state index contributed by atoms with van der Waals surface area (Å²) in [5.74, 6) is 0.609. The number of hydrogen-bond donors (Lipinski definition) is 1. The molecule has 1 unspecified atom stereocenters. The van der Waals surface area contributed by atoms with Crippen LogP contribution in [0, 0.1) is 11.3 Å². The standard InChI is InChI=1S/C28H41N3O2Si2/c1-28(2,17-23-20-31(34(3,4)5)26-15-11-10-14-25(23)26)30-19-24(33-35(6,7)8)21-32-27-16-12-9-13-22(27)18-29/h9-16,20,24,30H,17,19,21H2,1-8H3. The molecule has 188 valence electrons. The summed E-state index contributed by atoms with van der Waals surface area (Å²) in [6.07, 6.45) is 3.19. The molecular formula is C28H41N3O2Si2. The highest BCUT2D eigenvalue weighted by Crippen LogP contribution is 2.28. The van der Waals surface area contributed by atoms with Crippen molar-refractivity contribution in [3.05, 3.63) is 65.9 Å². The molecule has 0 saturated carbocycles. The molecule has 35 heavy (non-hydrogen) atoms. The predicted octanol–water partition coefficient (Wildman–Crippen LogP) is 6.41. The minimum absolute atomic E-state index is 0.101. The minimum atomic E-state index is -1.79. The van der Waals surface area contributed by atoms with Gasteiger partial charge in [-0.3, -0.25) is 0 Å². The Morgan fingerprint density at radius 3 is 2.31 bits per heavy atom. The smallest absolute Gasteiger partial charge is 0.184 e. The van der Waals surface area contributed by atoms with Crippen molar-refractivity contribution in [2.45, 2.75) is 71.2 Å². The Labute approximate surface area is 213 Å². The molecule has 0 bridgehead atoms. The van der Waals surface area contributed by atoms with Gasteiger partial charge in [-0.05, 0) is 69.9 Å². The third-order valence-electron chi connectivity index (χ3n) is 5.91. The van der Waals surface area contributed by atoms with Crippen LogP contribution in [-0.4, -0.2) is 45.6 Å². The number of benzene rings is 2. The number of aromatic nitrogens is 1. The third-order valence-corrected chi connectivity index (χ3v) is 8.77. The van der Waals surface area contributed by atoms with Gasteiger partial charge < -0.3 is 18.7 Å². The number of fused-ring (bicyclic) bond motifs is 1. The first-order chi connectivity index (χ1) is 16.3. The van der Waals surface area contributed by atoms with Gasteiger partial charge in [0.1, 0.15) is 18.4 Å². The molecule has 0 amide bonds. The van der Waals surface area contributed by atoms with Gasteiger partial charge in [-0.15, -0.1) is 0 Å². The van der Waals surface area contributed by atoms with Gasteiger partial charge in [-0.2, -0.15) is 5.26 Å². The van der Waals surface area contributed by atoms with Crippen LogP contribution in [0.4, 0.5) is 0 Å². The zero-order valence-electron chi connectivity index (χ0n) is 22.6. The van der Waals surface area contributed by atoms with Gasteiger partial charge in [0.2, 0.25) is 0 Å². The summed E-state index contributed by atoms with van der Waals surface area (Å²) in [5.41, 5.74) is 3.13. The molecule has 0 radical (unpaired) electrons. The van der Waals surface area contributed by atoms with Crippen molar-refractivity contribution in [3.63, 3.8) is 0 Å². The molecule has 1 aromatic heterocycles. The molecular weight excluding hydrogens is 466 g/mol. The molecule has 1 atom stereocenters. The molecule has 1 N–H and O–H groups in total. The summed E-state index contributed by atoms with van der Waals surface area (Å²) >= 11 is 0. The molecule has 0 spiro atoms.